The molecule has 6 heteroatoms. The Hall–Kier alpha value is -1.59. The molecule has 0 aromatic rings. The summed E-state index contributed by atoms with van der Waals surface area (Å²) in [4.78, 5) is 37.8. The first-order chi connectivity index (χ1) is 29.5. The third-order valence-electron chi connectivity index (χ3n) is 12.4. The van der Waals surface area contributed by atoms with Gasteiger partial charge in [-0.15, -0.1) is 0 Å². The van der Waals surface area contributed by atoms with Gasteiger partial charge in [0.05, 0.1) is 0 Å². The van der Waals surface area contributed by atoms with Crippen molar-refractivity contribution in [3.05, 3.63) is 0 Å². The van der Waals surface area contributed by atoms with Crippen molar-refractivity contribution in [2.45, 2.75) is 316 Å². The van der Waals surface area contributed by atoms with Crippen LogP contribution in [0.4, 0.5) is 0 Å². The summed E-state index contributed by atoms with van der Waals surface area (Å²) in [6, 6.07) is 0. The largest absolute Gasteiger partial charge is 0.462 e. The van der Waals surface area contributed by atoms with E-state index in [2.05, 4.69) is 20.8 Å². The summed E-state index contributed by atoms with van der Waals surface area (Å²) in [6.07, 6.45) is 53.9. The highest BCUT2D eigenvalue weighted by molar-refractivity contribution is 5.71. The molecule has 0 saturated carbocycles. The number of rotatable bonds is 50. The average molecular weight is 849 g/mol. The van der Waals surface area contributed by atoms with Crippen LogP contribution in [0.1, 0.15) is 310 Å². The third kappa shape index (κ3) is 47.5. The maximum atomic E-state index is 12.8. The molecule has 0 rings (SSSR count). The van der Waals surface area contributed by atoms with E-state index in [1.165, 1.54) is 212 Å². The first-order valence-electron chi connectivity index (χ1n) is 27.0. The lowest BCUT2D eigenvalue weighted by Gasteiger charge is -2.18. The van der Waals surface area contributed by atoms with Crippen molar-refractivity contribution in [3.63, 3.8) is 0 Å². The van der Waals surface area contributed by atoms with Crippen molar-refractivity contribution in [1.29, 1.82) is 0 Å². The topological polar surface area (TPSA) is 78.9 Å². The predicted octanol–water partition coefficient (Wildman–Crippen LogP) is 17.6. The van der Waals surface area contributed by atoms with Gasteiger partial charge in [-0.2, -0.15) is 0 Å². The van der Waals surface area contributed by atoms with Gasteiger partial charge in [0.1, 0.15) is 13.2 Å². The van der Waals surface area contributed by atoms with Gasteiger partial charge in [-0.1, -0.05) is 271 Å². The van der Waals surface area contributed by atoms with E-state index >= 15 is 0 Å². The maximum absolute atomic E-state index is 12.8. The van der Waals surface area contributed by atoms with Crippen LogP contribution in [0.25, 0.3) is 0 Å². The van der Waals surface area contributed by atoms with Crippen molar-refractivity contribution in [3.8, 4) is 0 Å². The molecule has 0 saturated heterocycles. The Bertz CT molecular complexity index is 889. The van der Waals surface area contributed by atoms with Gasteiger partial charge in [-0.25, -0.2) is 0 Å². The van der Waals surface area contributed by atoms with Gasteiger partial charge in [0.2, 0.25) is 0 Å². The van der Waals surface area contributed by atoms with Gasteiger partial charge in [-0.3, -0.25) is 14.4 Å². The van der Waals surface area contributed by atoms with Crippen LogP contribution >= 0.6 is 0 Å². The van der Waals surface area contributed by atoms with E-state index in [1.807, 2.05) is 0 Å². The molecule has 0 aliphatic rings. The Morgan fingerprint density at radius 3 is 0.667 bits per heavy atom. The van der Waals surface area contributed by atoms with Crippen molar-refractivity contribution in [2.75, 3.05) is 13.2 Å². The molecule has 0 spiro atoms. The Morgan fingerprint density at radius 2 is 0.450 bits per heavy atom. The van der Waals surface area contributed by atoms with Crippen molar-refractivity contribution in [1.82, 2.24) is 0 Å². The van der Waals surface area contributed by atoms with Crippen molar-refractivity contribution >= 4 is 17.9 Å². The first-order valence-corrected chi connectivity index (χ1v) is 27.0. The molecule has 1 atom stereocenters. The number of carbonyl (C=O) groups excluding carboxylic acids is 3. The first kappa shape index (κ1) is 58.4. The Balaban J connectivity index is 4.14. The van der Waals surface area contributed by atoms with E-state index in [0.717, 1.165) is 57.8 Å². The summed E-state index contributed by atoms with van der Waals surface area (Å²) >= 11 is 0. The van der Waals surface area contributed by atoms with Crippen LogP contribution in [-0.2, 0) is 28.6 Å². The molecular formula is C54H104O6. The van der Waals surface area contributed by atoms with Gasteiger partial charge in [-0.05, 0) is 19.3 Å². The molecule has 0 heterocycles. The minimum absolute atomic E-state index is 0.0620. The van der Waals surface area contributed by atoms with Crippen LogP contribution in [0, 0.1) is 0 Å². The fourth-order valence-corrected chi connectivity index (χ4v) is 8.27. The zero-order valence-electron chi connectivity index (χ0n) is 40.8. The predicted molar refractivity (Wildman–Crippen MR) is 257 cm³/mol. The van der Waals surface area contributed by atoms with E-state index < -0.39 is 6.10 Å². The molecule has 0 aliphatic carbocycles. The second-order valence-corrected chi connectivity index (χ2v) is 18.5. The summed E-state index contributed by atoms with van der Waals surface area (Å²) < 4.78 is 16.8. The third-order valence-corrected chi connectivity index (χ3v) is 12.4. The fraction of sp³-hybridized carbons (Fsp3) is 0.944. The molecule has 0 bridgehead atoms. The standard InChI is InChI=1S/C54H104O6/c1-4-7-10-13-16-19-21-23-24-25-26-27-28-29-30-32-33-35-38-41-44-47-53(56)59-50-51(49-58-52(55)46-43-40-37-18-15-12-9-6-3)60-54(57)48-45-42-39-36-34-31-22-20-17-14-11-8-5-2/h51H,4-50H2,1-3H3. The molecule has 0 aromatic carbocycles. The highest BCUT2D eigenvalue weighted by Crippen LogP contribution is 2.17. The average Bonchev–Trinajstić information content (AvgIpc) is 3.24. The summed E-state index contributed by atoms with van der Waals surface area (Å²) in [5.74, 6) is -0.845. The number of carbonyl (C=O) groups is 3. The van der Waals surface area contributed by atoms with Crippen molar-refractivity contribution < 1.29 is 28.6 Å². The van der Waals surface area contributed by atoms with Gasteiger partial charge in [0.15, 0.2) is 6.10 Å². The minimum Gasteiger partial charge on any atom is -0.462 e. The van der Waals surface area contributed by atoms with E-state index in [0.29, 0.717) is 19.3 Å². The molecule has 6 nitrogen and oxygen atoms in total. The monoisotopic (exact) mass is 849 g/mol. The highest BCUT2D eigenvalue weighted by atomic mass is 16.6. The molecule has 1 unspecified atom stereocenters. The van der Waals surface area contributed by atoms with Crippen molar-refractivity contribution in [2.24, 2.45) is 0 Å². The number of ether oxygens (including phenoxy) is 3. The van der Waals surface area contributed by atoms with Gasteiger partial charge in [0.25, 0.3) is 0 Å². The van der Waals surface area contributed by atoms with Gasteiger partial charge < -0.3 is 14.2 Å². The number of hydrogen-bond donors (Lipinski definition) is 0. The van der Waals surface area contributed by atoms with Crippen LogP contribution in [0.3, 0.4) is 0 Å². The van der Waals surface area contributed by atoms with Crippen LogP contribution < -0.4 is 0 Å². The second kappa shape index (κ2) is 50.1. The normalized spacial score (nSPS) is 11.8. The zero-order valence-corrected chi connectivity index (χ0v) is 40.8. The van der Waals surface area contributed by atoms with Gasteiger partial charge >= 0.3 is 17.9 Å². The molecular weight excluding hydrogens is 745 g/mol. The quantitative estimate of drug-likeness (QED) is 0.0345. The maximum Gasteiger partial charge on any atom is 0.306 e. The number of hydrogen-bond acceptors (Lipinski definition) is 6. The summed E-state index contributed by atoms with van der Waals surface area (Å²) in [7, 11) is 0. The Labute approximate surface area is 374 Å². The van der Waals surface area contributed by atoms with E-state index in [-0.39, 0.29) is 31.1 Å². The lowest BCUT2D eigenvalue weighted by atomic mass is 10.0. The Morgan fingerprint density at radius 1 is 0.267 bits per heavy atom. The van der Waals surface area contributed by atoms with Crippen LogP contribution in [0.5, 0.6) is 0 Å². The fourth-order valence-electron chi connectivity index (χ4n) is 8.27. The molecule has 0 aliphatic heterocycles. The molecule has 0 fully saturated rings. The highest BCUT2D eigenvalue weighted by Gasteiger charge is 2.19. The summed E-state index contributed by atoms with van der Waals surface area (Å²) in [5.41, 5.74) is 0. The number of esters is 3. The molecule has 0 radical (unpaired) electrons. The SMILES string of the molecule is CCCCCCCCCCCCCCCCCCCCCCCC(=O)OCC(COC(=O)CCCCCCCCCC)OC(=O)CCCCCCCCCCCCCCC. The lowest BCUT2D eigenvalue weighted by Crippen LogP contribution is -2.30. The summed E-state index contributed by atoms with van der Waals surface area (Å²) in [6.45, 7) is 6.66. The molecule has 60 heavy (non-hydrogen) atoms. The molecule has 0 N–H and O–H groups in total. The van der Waals surface area contributed by atoms with E-state index in [9.17, 15) is 14.4 Å². The number of unbranched alkanes of at least 4 members (excludes halogenated alkanes) is 39. The molecule has 356 valence electrons. The minimum atomic E-state index is -0.759. The molecule has 0 aromatic heterocycles. The van der Waals surface area contributed by atoms with Crippen LogP contribution in [0.15, 0.2) is 0 Å². The van der Waals surface area contributed by atoms with Gasteiger partial charge in [0, 0.05) is 19.3 Å². The van der Waals surface area contributed by atoms with Crippen LogP contribution in [-0.4, -0.2) is 37.2 Å². The summed E-state index contributed by atoms with van der Waals surface area (Å²) in [5, 5.41) is 0. The lowest BCUT2D eigenvalue weighted by molar-refractivity contribution is -0.167. The van der Waals surface area contributed by atoms with E-state index in [4.69, 9.17) is 14.2 Å². The van der Waals surface area contributed by atoms with Crippen LogP contribution in [0.2, 0.25) is 0 Å². The second-order valence-electron chi connectivity index (χ2n) is 18.5. The molecule has 0 amide bonds. The zero-order chi connectivity index (χ0) is 43.7. The Kier molecular flexibility index (Phi) is 48.7. The smallest absolute Gasteiger partial charge is 0.306 e. The van der Waals surface area contributed by atoms with E-state index in [1.54, 1.807) is 0 Å².